The summed E-state index contributed by atoms with van der Waals surface area (Å²) in [6.45, 7) is 2.65. The summed E-state index contributed by atoms with van der Waals surface area (Å²) in [4.78, 5) is 10.8. The van der Waals surface area contributed by atoms with Crippen LogP contribution in [0.5, 0.6) is 5.75 Å². The van der Waals surface area contributed by atoms with Gasteiger partial charge < -0.3 is 14.4 Å². The fourth-order valence-electron chi connectivity index (χ4n) is 2.16. The predicted molar refractivity (Wildman–Crippen MR) is 62.8 cm³/mol. The number of carboxylic acids is 1. The number of nitrogens with zero attached hydrogens (tertiary/aromatic N) is 1. The van der Waals surface area contributed by atoms with Crippen LogP contribution < -0.4 is 4.74 Å². The number of hydrogen-bond acceptors (Lipinski definition) is 4. The van der Waals surface area contributed by atoms with Crippen molar-refractivity contribution >= 4 is 5.97 Å². The largest absolute Gasteiger partial charge is 0.493 e. The third-order valence-corrected chi connectivity index (χ3v) is 2.98. The number of benzene rings is 1. The summed E-state index contributed by atoms with van der Waals surface area (Å²) < 4.78 is 10.6. The molecule has 92 valence electrons. The van der Waals surface area contributed by atoms with Gasteiger partial charge in [0.25, 0.3) is 0 Å². The highest BCUT2D eigenvalue weighted by atomic mass is 16.5. The van der Waals surface area contributed by atoms with Gasteiger partial charge in [0.1, 0.15) is 5.75 Å². The second-order valence-corrected chi connectivity index (χ2v) is 4.26. The topological polar surface area (TPSA) is 72.6 Å². The van der Waals surface area contributed by atoms with E-state index < -0.39 is 5.97 Å². The van der Waals surface area contributed by atoms with E-state index in [2.05, 4.69) is 5.16 Å². The third-order valence-electron chi connectivity index (χ3n) is 2.98. The second-order valence-electron chi connectivity index (χ2n) is 4.26. The maximum atomic E-state index is 10.8. The van der Waals surface area contributed by atoms with Gasteiger partial charge in [-0.2, -0.15) is 0 Å². The Balaban J connectivity index is 2.06. The molecule has 1 aliphatic rings. The third kappa shape index (κ3) is 1.64. The van der Waals surface area contributed by atoms with Gasteiger partial charge in [0, 0.05) is 18.1 Å². The number of rotatable bonds is 2. The second kappa shape index (κ2) is 3.87. The Labute approximate surface area is 103 Å². The predicted octanol–water partition coefficient (Wildman–Crippen LogP) is 2.28. The molecule has 0 unspecified atom stereocenters. The number of aryl methyl sites for hydroxylation is 1. The van der Waals surface area contributed by atoms with Crippen LogP contribution in [0.4, 0.5) is 0 Å². The van der Waals surface area contributed by atoms with Crippen molar-refractivity contribution in [2.24, 2.45) is 0 Å². The lowest BCUT2D eigenvalue weighted by Gasteiger charge is -2.05. The van der Waals surface area contributed by atoms with E-state index in [9.17, 15) is 4.79 Å². The van der Waals surface area contributed by atoms with Crippen molar-refractivity contribution in [2.45, 2.75) is 13.3 Å². The molecule has 0 aliphatic carbocycles. The van der Waals surface area contributed by atoms with Crippen LogP contribution in [0, 0.1) is 6.92 Å². The average molecular weight is 245 g/mol. The molecule has 3 rings (SSSR count). The summed E-state index contributed by atoms with van der Waals surface area (Å²) in [6.07, 6.45) is 0.865. The zero-order valence-electron chi connectivity index (χ0n) is 9.77. The number of carbonyl (C=O) groups is 1. The van der Waals surface area contributed by atoms with Crippen LogP contribution in [0.2, 0.25) is 0 Å². The van der Waals surface area contributed by atoms with Crippen LogP contribution >= 0.6 is 0 Å². The molecular formula is C13H11NO4. The molecule has 0 saturated heterocycles. The smallest absolute Gasteiger partial charge is 0.358 e. The highest BCUT2D eigenvalue weighted by Crippen LogP contribution is 2.34. The fraction of sp³-hybridized carbons (Fsp3) is 0.231. The highest BCUT2D eigenvalue weighted by molar-refractivity contribution is 5.86. The van der Waals surface area contributed by atoms with Crippen LogP contribution in [0.1, 0.15) is 21.6 Å². The van der Waals surface area contributed by atoms with E-state index in [1.807, 2.05) is 19.1 Å². The van der Waals surface area contributed by atoms with Gasteiger partial charge in [-0.15, -0.1) is 0 Å². The number of carboxylic acid groups (broad SMARTS) is 1. The SMILES string of the molecule is Cc1cc(-c2cc(C(=O)O)no2)cc2c1OCC2. The summed E-state index contributed by atoms with van der Waals surface area (Å²) in [7, 11) is 0. The normalized spacial score (nSPS) is 13.2. The molecule has 18 heavy (non-hydrogen) atoms. The van der Waals surface area contributed by atoms with Crippen LogP contribution in [0.25, 0.3) is 11.3 Å². The quantitative estimate of drug-likeness (QED) is 0.878. The first-order chi connectivity index (χ1) is 8.65. The minimum atomic E-state index is -1.09. The first-order valence-electron chi connectivity index (χ1n) is 5.62. The zero-order chi connectivity index (χ0) is 12.7. The molecule has 0 atom stereocenters. The monoisotopic (exact) mass is 245 g/mol. The Morgan fingerprint density at radius 2 is 2.22 bits per heavy atom. The van der Waals surface area contributed by atoms with Crippen LogP contribution in [-0.2, 0) is 6.42 Å². The first-order valence-corrected chi connectivity index (χ1v) is 5.62. The van der Waals surface area contributed by atoms with Crippen molar-refractivity contribution in [1.82, 2.24) is 5.16 Å². The molecule has 0 radical (unpaired) electrons. The maximum Gasteiger partial charge on any atom is 0.358 e. The van der Waals surface area contributed by atoms with Gasteiger partial charge in [0.2, 0.25) is 0 Å². The van der Waals surface area contributed by atoms with Crippen molar-refractivity contribution in [1.29, 1.82) is 0 Å². The van der Waals surface area contributed by atoms with E-state index in [4.69, 9.17) is 14.4 Å². The molecule has 1 aliphatic heterocycles. The Morgan fingerprint density at radius 1 is 1.39 bits per heavy atom. The standard InChI is InChI=1S/C13H11NO4/c1-7-4-9(5-8-2-3-17-12(7)8)11-6-10(13(15)16)14-18-11/h4-6H,2-3H2,1H3,(H,15,16). The van der Waals surface area contributed by atoms with E-state index in [0.717, 1.165) is 28.9 Å². The summed E-state index contributed by atoms with van der Waals surface area (Å²) >= 11 is 0. The highest BCUT2D eigenvalue weighted by Gasteiger charge is 2.18. The molecule has 0 bridgehead atoms. The summed E-state index contributed by atoms with van der Waals surface area (Å²) in [5, 5.41) is 12.3. The number of hydrogen-bond donors (Lipinski definition) is 1. The Kier molecular flexibility index (Phi) is 2.33. The summed E-state index contributed by atoms with van der Waals surface area (Å²) in [5.74, 6) is 0.299. The lowest BCUT2D eigenvalue weighted by molar-refractivity contribution is 0.0686. The van der Waals surface area contributed by atoms with E-state index in [-0.39, 0.29) is 5.69 Å². The van der Waals surface area contributed by atoms with Gasteiger partial charge in [0.05, 0.1) is 6.61 Å². The zero-order valence-corrected chi connectivity index (χ0v) is 9.77. The van der Waals surface area contributed by atoms with E-state index in [1.165, 1.54) is 6.07 Å². The number of fused-ring (bicyclic) bond motifs is 1. The van der Waals surface area contributed by atoms with Crippen molar-refractivity contribution < 1.29 is 19.2 Å². The molecule has 5 heteroatoms. The van der Waals surface area contributed by atoms with E-state index in [1.54, 1.807) is 0 Å². The van der Waals surface area contributed by atoms with Crippen molar-refractivity contribution in [2.75, 3.05) is 6.61 Å². The first kappa shape index (κ1) is 10.8. The molecule has 1 aromatic heterocycles. The number of aromatic nitrogens is 1. The Hall–Kier alpha value is -2.30. The van der Waals surface area contributed by atoms with Gasteiger partial charge >= 0.3 is 5.97 Å². The van der Waals surface area contributed by atoms with Gasteiger partial charge in [-0.1, -0.05) is 5.16 Å². The summed E-state index contributed by atoms with van der Waals surface area (Å²) in [5.41, 5.74) is 2.89. The average Bonchev–Trinajstić information content (AvgIpc) is 2.97. The minimum absolute atomic E-state index is 0.0839. The molecule has 0 saturated carbocycles. The molecule has 0 amide bonds. The molecule has 2 aromatic rings. The van der Waals surface area contributed by atoms with Gasteiger partial charge in [-0.05, 0) is 30.2 Å². The Bertz CT molecular complexity index is 630. The van der Waals surface area contributed by atoms with Crippen LogP contribution in [0.3, 0.4) is 0 Å². The van der Waals surface area contributed by atoms with Crippen LogP contribution in [0.15, 0.2) is 22.7 Å². The molecular weight excluding hydrogens is 234 g/mol. The maximum absolute atomic E-state index is 10.8. The molecule has 5 nitrogen and oxygen atoms in total. The molecule has 0 spiro atoms. The van der Waals surface area contributed by atoms with Crippen molar-refractivity contribution in [3.8, 4) is 17.1 Å². The van der Waals surface area contributed by atoms with Crippen LogP contribution in [-0.4, -0.2) is 22.8 Å². The van der Waals surface area contributed by atoms with Crippen molar-refractivity contribution in [3.05, 3.63) is 35.0 Å². The molecule has 0 fully saturated rings. The number of aromatic carboxylic acids is 1. The molecule has 1 N–H and O–H groups in total. The lowest BCUT2D eigenvalue weighted by atomic mass is 10.0. The molecule has 1 aromatic carbocycles. The van der Waals surface area contributed by atoms with Crippen molar-refractivity contribution in [3.63, 3.8) is 0 Å². The van der Waals surface area contributed by atoms with E-state index >= 15 is 0 Å². The minimum Gasteiger partial charge on any atom is -0.493 e. The van der Waals surface area contributed by atoms with E-state index in [0.29, 0.717) is 12.4 Å². The van der Waals surface area contributed by atoms with Gasteiger partial charge in [-0.3, -0.25) is 0 Å². The van der Waals surface area contributed by atoms with Gasteiger partial charge in [-0.25, -0.2) is 4.79 Å². The number of ether oxygens (including phenoxy) is 1. The molecule has 2 heterocycles. The summed E-state index contributed by atoms with van der Waals surface area (Å²) in [6, 6.07) is 5.30. The fourth-order valence-corrected chi connectivity index (χ4v) is 2.16. The van der Waals surface area contributed by atoms with Gasteiger partial charge in [0.15, 0.2) is 11.5 Å². The lowest BCUT2D eigenvalue weighted by Crippen LogP contribution is -1.94. The Morgan fingerprint density at radius 3 is 2.94 bits per heavy atom.